The van der Waals surface area contributed by atoms with Crippen LogP contribution in [0.4, 0.5) is 0 Å². The number of rotatable bonds is 4. The monoisotopic (exact) mass is 324 g/mol. The van der Waals surface area contributed by atoms with Gasteiger partial charge in [-0.3, -0.25) is 14.5 Å². The van der Waals surface area contributed by atoms with Gasteiger partial charge in [0.25, 0.3) is 0 Å². The average Bonchev–Trinajstić information content (AvgIpc) is 2.48. The smallest absolute Gasteiger partial charge is 0.236 e. The SMILES string of the molecule is CN(C)C(=O)CN1CCC(NC(=O)C2CCCCC2(C)N)CC1. The number of hydrogen-bond acceptors (Lipinski definition) is 4. The summed E-state index contributed by atoms with van der Waals surface area (Å²) >= 11 is 0. The normalized spacial score (nSPS) is 30.0. The van der Waals surface area contributed by atoms with Crippen molar-refractivity contribution in [1.82, 2.24) is 15.1 Å². The molecule has 2 unspecified atom stereocenters. The maximum atomic E-state index is 12.6. The van der Waals surface area contributed by atoms with Gasteiger partial charge in [-0.25, -0.2) is 0 Å². The molecule has 1 saturated carbocycles. The third kappa shape index (κ3) is 4.91. The third-order valence-electron chi connectivity index (χ3n) is 5.36. The molecule has 0 radical (unpaired) electrons. The van der Waals surface area contributed by atoms with Crippen LogP contribution in [0.3, 0.4) is 0 Å². The molecule has 0 bridgehead atoms. The summed E-state index contributed by atoms with van der Waals surface area (Å²) in [6.07, 6.45) is 5.84. The zero-order valence-electron chi connectivity index (χ0n) is 14.8. The fraction of sp³-hybridized carbons (Fsp3) is 0.882. The van der Waals surface area contributed by atoms with Gasteiger partial charge in [0.15, 0.2) is 0 Å². The van der Waals surface area contributed by atoms with E-state index in [4.69, 9.17) is 5.73 Å². The number of carbonyl (C=O) groups excluding carboxylic acids is 2. The molecular formula is C17H32N4O2. The summed E-state index contributed by atoms with van der Waals surface area (Å²) in [5.41, 5.74) is 5.95. The van der Waals surface area contributed by atoms with Crippen LogP contribution in [0, 0.1) is 5.92 Å². The Morgan fingerprint density at radius 2 is 1.87 bits per heavy atom. The number of nitrogens with zero attached hydrogens (tertiary/aromatic N) is 2. The van der Waals surface area contributed by atoms with E-state index in [-0.39, 0.29) is 29.3 Å². The largest absolute Gasteiger partial charge is 0.353 e. The number of nitrogens with two attached hydrogens (primary N) is 1. The van der Waals surface area contributed by atoms with Crippen molar-refractivity contribution >= 4 is 11.8 Å². The number of carbonyl (C=O) groups is 2. The highest BCUT2D eigenvalue weighted by molar-refractivity contribution is 5.80. The van der Waals surface area contributed by atoms with Crippen LogP contribution in [0.5, 0.6) is 0 Å². The lowest BCUT2D eigenvalue weighted by molar-refractivity contribution is -0.131. The van der Waals surface area contributed by atoms with Crippen molar-refractivity contribution in [2.45, 2.75) is 57.0 Å². The highest BCUT2D eigenvalue weighted by Crippen LogP contribution is 2.31. The van der Waals surface area contributed by atoms with Crippen molar-refractivity contribution in [3.8, 4) is 0 Å². The molecule has 0 aromatic heterocycles. The minimum atomic E-state index is -0.374. The van der Waals surface area contributed by atoms with Crippen molar-refractivity contribution in [3.05, 3.63) is 0 Å². The predicted octanol–water partition coefficient (Wildman–Crippen LogP) is 0.563. The van der Waals surface area contributed by atoms with Crippen molar-refractivity contribution in [2.24, 2.45) is 11.7 Å². The van der Waals surface area contributed by atoms with E-state index < -0.39 is 0 Å². The first-order valence-corrected chi connectivity index (χ1v) is 8.81. The number of amides is 2. The summed E-state index contributed by atoms with van der Waals surface area (Å²) in [6.45, 7) is 4.19. The van der Waals surface area contributed by atoms with Gasteiger partial charge in [-0.1, -0.05) is 12.8 Å². The van der Waals surface area contributed by atoms with E-state index in [2.05, 4.69) is 10.2 Å². The maximum absolute atomic E-state index is 12.6. The molecular weight excluding hydrogens is 292 g/mol. The first kappa shape index (κ1) is 18.2. The van der Waals surface area contributed by atoms with Gasteiger partial charge in [0, 0.05) is 38.8 Å². The van der Waals surface area contributed by atoms with Gasteiger partial charge < -0.3 is 16.0 Å². The van der Waals surface area contributed by atoms with Gasteiger partial charge in [0.1, 0.15) is 0 Å². The van der Waals surface area contributed by atoms with Crippen LogP contribution in [-0.4, -0.2) is 66.9 Å². The fourth-order valence-electron chi connectivity index (χ4n) is 3.66. The highest BCUT2D eigenvalue weighted by atomic mass is 16.2. The molecule has 2 fully saturated rings. The molecule has 0 spiro atoms. The van der Waals surface area contributed by atoms with Crippen LogP contribution in [0.2, 0.25) is 0 Å². The number of likely N-dealkylation sites (N-methyl/N-ethyl adjacent to an activating group) is 1. The van der Waals surface area contributed by atoms with Gasteiger partial charge >= 0.3 is 0 Å². The molecule has 3 N–H and O–H groups in total. The summed E-state index contributed by atoms with van der Waals surface area (Å²) < 4.78 is 0. The second-order valence-corrected chi connectivity index (χ2v) is 7.65. The first-order chi connectivity index (χ1) is 10.8. The van der Waals surface area contributed by atoms with Crippen LogP contribution in [0.1, 0.15) is 45.4 Å². The van der Waals surface area contributed by atoms with Gasteiger partial charge in [-0.05, 0) is 32.6 Å². The first-order valence-electron chi connectivity index (χ1n) is 8.81. The van der Waals surface area contributed by atoms with Crippen LogP contribution in [0.25, 0.3) is 0 Å². The Labute approximate surface area is 139 Å². The minimum Gasteiger partial charge on any atom is -0.353 e. The van der Waals surface area contributed by atoms with Gasteiger partial charge in [-0.15, -0.1) is 0 Å². The Balaban J connectivity index is 1.77. The number of likely N-dealkylation sites (tertiary alicyclic amines) is 1. The van der Waals surface area contributed by atoms with Crippen molar-refractivity contribution < 1.29 is 9.59 Å². The lowest BCUT2D eigenvalue weighted by Crippen LogP contribution is -2.55. The maximum Gasteiger partial charge on any atom is 0.236 e. The van der Waals surface area contributed by atoms with Crippen molar-refractivity contribution in [1.29, 1.82) is 0 Å². The van der Waals surface area contributed by atoms with Gasteiger partial charge in [-0.2, -0.15) is 0 Å². The van der Waals surface area contributed by atoms with E-state index in [1.54, 1.807) is 19.0 Å². The van der Waals surface area contributed by atoms with E-state index in [0.29, 0.717) is 6.54 Å². The molecule has 23 heavy (non-hydrogen) atoms. The summed E-state index contributed by atoms with van der Waals surface area (Å²) in [7, 11) is 3.56. The minimum absolute atomic E-state index is 0.0652. The van der Waals surface area contributed by atoms with Gasteiger partial charge in [0.2, 0.25) is 11.8 Å². The molecule has 2 atom stereocenters. The Morgan fingerprint density at radius 1 is 1.22 bits per heavy atom. The summed E-state index contributed by atoms with van der Waals surface area (Å²) in [4.78, 5) is 28.1. The number of nitrogens with one attached hydrogen (secondary N) is 1. The van der Waals surface area contributed by atoms with E-state index in [1.807, 2.05) is 6.92 Å². The van der Waals surface area contributed by atoms with E-state index >= 15 is 0 Å². The molecule has 6 nitrogen and oxygen atoms in total. The Bertz CT molecular complexity index is 428. The second kappa shape index (κ2) is 7.62. The fourth-order valence-corrected chi connectivity index (χ4v) is 3.66. The molecule has 0 aromatic carbocycles. The Morgan fingerprint density at radius 3 is 2.43 bits per heavy atom. The molecule has 2 amide bonds. The molecule has 1 aliphatic carbocycles. The quantitative estimate of drug-likeness (QED) is 0.792. The van der Waals surface area contributed by atoms with Crippen molar-refractivity contribution in [3.63, 3.8) is 0 Å². The molecule has 1 aliphatic heterocycles. The molecule has 1 heterocycles. The van der Waals surface area contributed by atoms with E-state index in [0.717, 1.165) is 51.6 Å². The van der Waals surface area contributed by atoms with Crippen molar-refractivity contribution in [2.75, 3.05) is 33.7 Å². The van der Waals surface area contributed by atoms with E-state index in [1.165, 1.54) is 0 Å². The lowest BCUT2D eigenvalue weighted by atomic mass is 9.74. The number of piperidine rings is 1. The Kier molecular flexibility index (Phi) is 6.03. The second-order valence-electron chi connectivity index (χ2n) is 7.65. The van der Waals surface area contributed by atoms with Crippen LogP contribution in [0.15, 0.2) is 0 Å². The predicted molar refractivity (Wildman–Crippen MR) is 90.8 cm³/mol. The molecule has 0 aromatic rings. The zero-order valence-corrected chi connectivity index (χ0v) is 14.8. The zero-order chi connectivity index (χ0) is 17.0. The van der Waals surface area contributed by atoms with Crippen LogP contribution in [-0.2, 0) is 9.59 Å². The summed E-state index contributed by atoms with van der Waals surface area (Å²) in [6, 6.07) is 0.214. The van der Waals surface area contributed by atoms with E-state index in [9.17, 15) is 9.59 Å². The standard InChI is InChI=1S/C17H32N4O2/c1-17(18)9-5-4-6-14(17)16(23)19-13-7-10-21(11-8-13)12-15(22)20(2)3/h13-14H,4-12,18H2,1-3H3,(H,19,23). The molecule has 2 aliphatic rings. The lowest BCUT2D eigenvalue weighted by Gasteiger charge is -2.39. The number of hydrogen-bond donors (Lipinski definition) is 2. The third-order valence-corrected chi connectivity index (χ3v) is 5.36. The van der Waals surface area contributed by atoms with Crippen LogP contribution < -0.4 is 11.1 Å². The summed E-state index contributed by atoms with van der Waals surface area (Å²) in [5.74, 6) is 0.190. The topological polar surface area (TPSA) is 78.7 Å². The highest BCUT2D eigenvalue weighted by Gasteiger charge is 2.38. The van der Waals surface area contributed by atoms with Gasteiger partial charge in [0.05, 0.1) is 12.5 Å². The average molecular weight is 324 g/mol. The summed E-state index contributed by atoms with van der Waals surface area (Å²) in [5, 5.41) is 3.20. The Hall–Kier alpha value is -1.14. The molecule has 2 rings (SSSR count). The molecule has 132 valence electrons. The molecule has 6 heteroatoms. The van der Waals surface area contributed by atoms with Crippen LogP contribution >= 0.6 is 0 Å². The molecule has 1 saturated heterocycles.